The molecule has 1 atom stereocenters. The molecular formula is C13H20N2O4S. The predicted molar refractivity (Wildman–Crippen MR) is 75.1 cm³/mol. The molecule has 112 valence electrons. The monoisotopic (exact) mass is 300 g/mol. The first-order valence-corrected chi connectivity index (χ1v) is 8.12. The van der Waals surface area contributed by atoms with Crippen LogP contribution in [0.25, 0.3) is 0 Å². The number of phenolic OH excluding ortho intramolecular Hbond substituents is 1. The van der Waals surface area contributed by atoms with Gasteiger partial charge >= 0.3 is 0 Å². The van der Waals surface area contributed by atoms with E-state index in [4.69, 9.17) is 4.74 Å². The molecule has 0 aromatic heterocycles. The number of hydrogen-bond donors (Lipinski definition) is 2. The Balaban J connectivity index is 1.95. The number of aromatic hydroxyl groups is 1. The highest BCUT2D eigenvalue weighted by Gasteiger charge is 2.22. The van der Waals surface area contributed by atoms with Crippen molar-refractivity contribution in [3.05, 3.63) is 24.3 Å². The Morgan fingerprint density at radius 1 is 1.50 bits per heavy atom. The van der Waals surface area contributed by atoms with Crippen LogP contribution < -0.4 is 4.72 Å². The maximum atomic E-state index is 12.1. The quantitative estimate of drug-likeness (QED) is 0.822. The van der Waals surface area contributed by atoms with Crippen molar-refractivity contribution in [2.45, 2.75) is 17.9 Å². The zero-order chi connectivity index (χ0) is 14.6. The van der Waals surface area contributed by atoms with Crippen LogP contribution in [0, 0.1) is 0 Å². The topological polar surface area (TPSA) is 78.9 Å². The Labute approximate surface area is 119 Å². The third kappa shape index (κ3) is 3.92. The van der Waals surface area contributed by atoms with Crippen molar-refractivity contribution in [1.29, 1.82) is 0 Å². The molecule has 1 unspecified atom stereocenters. The predicted octanol–water partition coefficient (Wildman–Crippen LogP) is 0.391. The van der Waals surface area contributed by atoms with Gasteiger partial charge in [0.15, 0.2) is 0 Å². The van der Waals surface area contributed by atoms with E-state index in [9.17, 15) is 13.5 Å². The van der Waals surface area contributed by atoms with Gasteiger partial charge in [-0.15, -0.1) is 0 Å². The lowest BCUT2D eigenvalue weighted by Gasteiger charge is -2.32. The summed E-state index contributed by atoms with van der Waals surface area (Å²) in [6, 6.07) is 5.60. The molecule has 1 aliphatic rings. The summed E-state index contributed by atoms with van der Waals surface area (Å²) in [6.45, 7) is 5.45. The van der Waals surface area contributed by atoms with Gasteiger partial charge in [-0.3, -0.25) is 4.90 Å². The largest absolute Gasteiger partial charge is 0.508 e. The van der Waals surface area contributed by atoms with Crippen LogP contribution in [0.5, 0.6) is 5.75 Å². The molecule has 2 rings (SSSR count). The molecular weight excluding hydrogens is 280 g/mol. The van der Waals surface area contributed by atoms with Gasteiger partial charge in [0, 0.05) is 19.6 Å². The minimum absolute atomic E-state index is 0.0562. The van der Waals surface area contributed by atoms with Gasteiger partial charge in [-0.1, -0.05) is 13.0 Å². The molecule has 1 aromatic carbocycles. The first kappa shape index (κ1) is 15.2. The maximum Gasteiger partial charge on any atom is 0.240 e. The summed E-state index contributed by atoms with van der Waals surface area (Å²) in [5.74, 6) is -0.0704. The van der Waals surface area contributed by atoms with E-state index in [-0.39, 0.29) is 23.3 Å². The van der Waals surface area contributed by atoms with Crippen LogP contribution in [0.1, 0.15) is 6.92 Å². The van der Waals surface area contributed by atoms with Crippen LogP contribution in [0.2, 0.25) is 0 Å². The van der Waals surface area contributed by atoms with Crippen molar-refractivity contribution in [3.8, 4) is 5.75 Å². The van der Waals surface area contributed by atoms with Gasteiger partial charge in [-0.25, -0.2) is 13.1 Å². The Bertz CT molecular complexity index is 547. The van der Waals surface area contributed by atoms with Gasteiger partial charge in [0.1, 0.15) is 5.75 Å². The molecule has 7 heteroatoms. The first-order chi connectivity index (χ1) is 9.51. The van der Waals surface area contributed by atoms with E-state index in [1.807, 2.05) is 0 Å². The SMILES string of the molecule is CCN1CCOC(CNS(=O)(=O)c2cccc(O)c2)C1. The number of sulfonamides is 1. The lowest BCUT2D eigenvalue weighted by molar-refractivity contribution is -0.0229. The highest BCUT2D eigenvalue weighted by atomic mass is 32.2. The summed E-state index contributed by atoms with van der Waals surface area (Å²) < 4.78 is 32.2. The van der Waals surface area contributed by atoms with E-state index < -0.39 is 10.0 Å². The number of ether oxygens (including phenoxy) is 1. The van der Waals surface area contributed by atoms with Gasteiger partial charge in [0.2, 0.25) is 10.0 Å². The number of likely N-dealkylation sites (N-methyl/N-ethyl adjacent to an activating group) is 1. The Hall–Kier alpha value is -1.15. The van der Waals surface area contributed by atoms with Crippen LogP contribution in [0.3, 0.4) is 0 Å². The average molecular weight is 300 g/mol. The summed E-state index contributed by atoms with van der Waals surface area (Å²) in [5.41, 5.74) is 0. The fourth-order valence-electron chi connectivity index (χ4n) is 2.13. The third-order valence-electron chi connectivity index (χ3n) is 3.30. The van der Waals surface area contributed by atoms with Crippen LogP contribution in [0.15, 0.2) is 29.2 Å². The van der Waals surface area contributed by atoms with Gasteiger partial charge in [-0.05, 0) is 24.7 Å². The van der Waals surface area contributed by atoms with Crippen LogP contribution in [0.4, 0.5) is 0 Å². The number of rotatable bonds is 5. The van der Waals surface area contributed by atoms with Gasteiger partial charge in [0.05, 0.1) is 17.6 Å². The van der Waals surface area contributed by atoms with Gasteiger partial charge < -0.3 is 9.84 Å². The highest BCUT2D eigenvalue weighted by Crippen LogP contribution is 2.15. The van der Waals surface area contributed by atoms with E-state index in [2.05, 4.69) is 16.5 Å². The zero-order valence-corrected chi connectivity index (χ0v) is 12.3. The van der Waals surface area contributed by atoms with Crippen molar-refractivity contribution in [1.82, 2.24) is 9.62 Å². The van der Waals surface area contributed by atoms with Crippen molar-refractivity contribution in [2.75, 3.05) is 32.8 Å². The molecule has 0 amide bonds. The molecule has 1 aromatic rings. The number of phenols is 1. The standard InChI is InChI=1S/C13H20N2O4S/c1-2-15-6-7-19-12(10-15)9-14-20(17,18)13-5-3-4-11(16)8-13/h3-5,8,12,14,16H,2,6-7,9-10H2,1H3. The Kier molecular flexibility index (Phi) is 4.98. The maximum absolute atomic E-state index is 12.1. The molecule has 0 radical (unpaired) electrons. The minimum atomic E-state index is -3.61. The molecule has 1 heterocycles. The van der Waals surface area contributed by atoms with E-state index in [0.717, 1.165) is 19.6 Å². The molecule has 1 fully saturated rings. The number of benzene rings is 1. The second-order valence-electron chi connectivity index (χ2n) is 4.74. The molecule has 1 aliphatic heterocycles. The fourth-order valence-corrected chi connectivity index (χ4v) is 3.23. The number of nitrogens with zero attached hydrogens (tertiary/aromatic N) is 1. The van der Waals surface area contributed by atoms with E-state index in [1.165, 1.54) is 24.3 Å². The Morgan fingerprint density at radius 3 is 3.00 bits per heavy atom. The summed E-state index contributed by atoms with van der Waals surface area (Å²) >= 11 is 0. The fraction of sp³-hybridized carbons (Fsp3) is 0.538. The summed E-state index contributed by atoms with van der Waals surface area (Å²) in [7, 11) is -3.61. The van der Waals surface area contributed by atoms with Gasteiger partial charge in [0.25, 0.3) is 0 Å². The molecule has 0 saturated carbocycles. The molecule has 6 nitrogen and oxygen atoms in total. The summed E-state index contributed by atoms with van der Waals surface area (Å²) in [5, 5.41) is 9.34. The number of nitrogens with one attached hydrogen (secondary N) is 1. The van der Waals surface area contributed by atoms with Crippen molar-refractivity contribution >= 4 is 10.0 Å². The summed E-state index contributed by atoms with van der Waals surface area (Å²) in [4.78, 5) is 2.28. The van der Waals surface area contributed by atoms with Crippen molar-refractivity contribution < 1.29 is 18.3 Å². The molecule has 2 N–H and O–H groups in total. The molecule has 0 spiro atoms. The van der Waals surface area contributed by atoms with Crippen molar-refractivity contribution in [3.63, 3.8) is 0 Å². The van der Waals surface area contributed by atoms with Gasteiger partial charge in [-0.2, -0.15) is 0 Å². The second kappa shape index (κ2) is 6.53. The lowest BCUT2D eigenvalue weighted by Crippen LogP contribution is -2.47. The van der Waals surface area contributed by atoms with Crippen LogP contribution in [-0.2, 0) is 14.8 Å². The minimum Gasteiger partial charge on any atom is -0.508 e. The van der Waals surface area contributed by atoms with Crippen molar-refractivity contribution in [2.24, 2.45) is 0 Å². The first-order valence-electron chi connectivity index (χ1n) is 6.64. The smallest absolute Gasteiger partial charge is 0.240 e. The summed E-state index contributed by atoms with van der Waals surface area (Å²) in [6.07, 6.45) is -0.143. The average Bonchev–Trinajstić information content (AvgIpc) is 2.45. The van der Waals surface area contributed by atoms with Crippen LogP contribution in [-0.4, -0.2) is 57.3 Å². The van der Waals surface area contributed by atoms with E-state index >= 15 is 0 Å². The van der Waals surface area contributed by atoms with Crippen LogP contribution >= 0.6 is 0 Å². The number of hydrogen-bond acceptors (Lipinski definition) is 5. The third-order valence-corrected chi connectivity index (χ3v) is 4.72. The zero-order valence-electron chi connectivity index (χ0n) is 11.4. The van der Waals surface area contributed by atoms with E-state index in [0.29, 0.717) is 6.61 Å². The molecule has 1 saturated heterocycles. The normalized spacial score (nSPS) is 20.9. The molecule has 20 heavy (non-hydrogen) atoms. The second-order valence-corrected chi connectivity index (χ2v) is 6.50. The van der Waals surface area contributed by atoms with E-state index in [1.54, 1.807) is 0 Å². The highest BCUT2D eigenvalue weighted by molar-refractivity contribution is 7.89. The Morgan fingerprint density at radius 2 is 2.30 bits per heavy atom. The number of morpholine rings is 1. The lowest BCUT2D eigenvalue weighted by atomic mass is 10.3. The molecule has 0 bridgehead atoms. The molecule has 0 aliphatic carbocycles.